The first-order valence-corrected chi connectivity index (χ1v) is 16.6. The van der Waals surface area contributed by atoms with Crippen molar-refractivity contribution in [1.82, 2.24) is 0 Å². The molecular formula is C46H26O3. The maximum atomic E-state index is 7.08. The van der Waals surface area contributed by atoms with Gasteiger partial charge in [-0.3, -0.25) is 0 Å². The lowest BCUT2D eigenvalue weighted by atomic mass is 9.85. The fourth-order valence-electron chi connectivity index (χ4n) is 7.99. The van der Waals surface area contributed by atoms with Crippen molar-refractivity contribution in [3.8, 4) is 33.6 Å². The number of benzene rings is 8. The highest BCUT2D eigenvalue weighted by atomic mass is 16.3. The minimum atomic E-state index is 0.831. The van der Waals surface area contributed by atoms with Gasteiger partial charge >= 0.3 is 0 Å². The molecule has 0 radical (unpaired) electrons. The molecule has 0 bridgehead atoms. The summed E-state index contributed by atoms with van der Waals surface area (Å²) in [4.78, 5) is 0. The molecule has 0 aliphatic rings. The number of hydrogen-bond donors (Lipinski definition) is 0. The van der Waals surface area contributed by atoms with Gasteiger partial charge in [-0.15, -0.1) is 0 Å². The topological polar surface area (TPSA) is 39.4 Å². The number of hydrogen-bond acceptors (Lipinski definition) is 3. The molecule has 0 amide bonds. The summed E-state index contributed by atoms with van der Waals surface area (Å²) in [6.45, 7) is 0. The molecule has 0 aliphatic heterocycles. The van der Waals surface area contributed by atoms with Crippen LogP contribution < -0.4 is 0 Å². The molecule has 3 nitrogen and oxygen atoms in total. The van der Waals surface area contributed by atoms with E-state index in [0.29, 0.717) is 0 Å². The van der Waals surface area contributed by atoms with Crippen LogP contribution in [0.2, 0.25) is 0 Å². The van der Waals surface area contributed by atoms with Gasteiger partial charge in [0.05, 0.1) is 0 Å². The molecule has 0 saturated heterocycles. The zero-order valence-corrected chi connectivity index (χ0v) is 26.2. The molecular weight excluding hydrogens is 601 g/mol. The molecule has 3 heterocycles. The van der Waals surface area contributed by atoms with Gasteiger partial charge in [-0.25, -0.2) is 0 Å². The molecule has 8 aromatic carbocycles. The Bertz CT molecular complexity index is 3040. The number of fused-ring (bicyclic) bond motifs is 9. The summed E-state index contributed by atoms with van der Waals surface area (Å²) in [5.74, 6) is 0.846. The third-order valence-electron chi connectivity index (χ3n) is 10.1. The molecule has 3 aromatic heterocycles. The van der Waals surface area contributed by atoms with Crippen LogP contribution in [0.3, 0.4) is 0 Å². The Morgan fingerprint density at radius 3 is 1.49 bits per heavy atom. The summed E-state index contributed by atoms with van der Waals surface area (Å²) in [5, 5.41) is 9.92. The van der Waals surface area contributed by atoms with E-state index < -0.39 is 0 Å². The zero-order chi connectivity index (χ0) is 32.1. The van der Waals surface area contributed by atoms with Crippen LogP contribution in [0.4, 0.5) is 0 Å². The van der Waals surface area contributed by atoms with Gasteiger partial charge in [-0.05, 0) is 51.4 Å². The largest absolute Gasteiger partial charge is 0.456 e. The van der Waals surface area contributed by atoms with Crippen LogP contribution in [0.25, 0.3) is 110 Å². The van der Waals surface area contributed by atoms with E-state index in [9.17, 15) is 0 Å². The second-order valence-corrected chi connectivity index (χ2v) is 12.7. The van der Waals surface area contributed by atoms with Crippen molar-refractivity contribution < 1.29 is 13.3 Å². The predicted molar refractivity (Wildman–Crippen MR) is 202 cm³/mol. The Balaban J connectivity index is 1.28. The van der Waals surface area contributed by atoms with Crippen LogP contribution in [0.15, 0.2) is 171 Å². The molecule has 0 saturated carbocycles. The Hall–Kier alpha value is -6.58. The highest BCUT2D eigenvalue weighted by Crippen LogP contribution is 2.51. The minimum absolute atomic E-state index is 0.831. The SMILES string of the molecule is c1ccc(-c2c(-c3c4ccccc4c(-c4cccc5c4oc4ccccc45)c4ccccc34)oc3cc4c(cc23)oc2ccccc24)cc1. The van der Waals surface area contributed by atoms with Crippen molar-refractivity contribution in [3.63, 3.8) is 0 Å². The Kier molecular flexibility index (Phi) is 5.38. The van der Waals surface area contributed by atoms with Crippen molar-refractivity contribution >= 4 is 76.4 Å². The highest BCUT2D eigenvalue weighted by molar-refractivity contribution is 6.26. The summed E-state index contributed by atoms with van der Waals surface area (Å²) >= 11 is 0. The van der Waals surface area contributed by atoms with E-state index in [1.165, 1.54) is 0 Å². The van der Waals surface area contributed by atoms with E-state index in [0.717, 1.165) is 110 Å². The Morgan fingerprint density at radius 1 is 0.286 bits per heavy atom. The van der Waals surface area contributed by atoms with Gasteiger partial charge < -0.3 is 13.3 Å². The van der Waals surface area contributed by atoms with Gasteiger partial charge in [0.1, 0.15) is 33.7 Å². The molecule has 11 rings (SSSR count). The monoisotopic (exact) mass is 626 g/mol. The summed E-state index contributed by atoms with van der Waals surface area (Å²) < 4.78 is 20.1. The van der Waals surface area contributed by atoms with Gasteiger partial charge in [-0.2, -0.15) is 0 Å². The first-order chi connectivity index (χ1) is 24.3. The summed E-state index contributed by atoms with van der Waals surface area (Å²) in [7, 11) is 0. The van der Waals surface area contributed by atoms with Crippen LogP contribution in [-0.2, 0) is 0 Å². The number of furan rings is 3. The van der Waals surface area contributed by atoms with E-state index in [4.69, 9.17) is 13.3 Å². The maximum Gasteiger partial charge on any atom is 0.144 e. The smallest absolute Gasteiger partial charge is 0.144 e. The van der Waals surface area contributed by atoms with E-state index in [1.807, 2.05) is 24.3 Å². The fourth-order valence-corrected chi connectivity index (χ4v) is 7.99. The van der Waals surface area contributed by atoms with Crippen LogP contribution in [0.5, 0.6) is 0 Å². The molecule has 0 atom stereocenters. The molecule has 11 aromatic rings. The minimum Gasteiger partial charge on any atom is -0.456 e. The Labute approximate surface area is 280 Å². The molecule has 0 N–H and O–H groups in total. The van der Waals surface area contributed by atoms with Crippen LogP contribution in [0, 0.1) is 0 Å². The molecule has 0 unspecified atom stereocenters. The van der Waals surface area contributed by atoms with E-state index in [1.54, 1.807) is 0 Å². The van der Waals surface area contributed by atoms with Gasteiger partial charge in [0.2, 0.25) is 0 Å². The molecule has 0 spiro atoms. The second-order valence-electron chi connectivity index (χ2n) is 12.7. The van der Waals surface area contributed by atoms with Gasteiger partial charge in [-0.1, -0.05) is 133 Å². The zero-order valence-electron chi connectivity index (χ0n) is 26.2. The van der Waals surface area contributed by atoms with Crippen LogP contribution in [0.1, 0.15) is 0 Å². The molecule has 49 heavy (non-hydrogen) atoms. The lowest BCUT2D eigenvalue weighted by Gasteiger charge is -2.17. The van der Waals surface area contributed by atoms with Gasteiger partial charge in [0.25, 0.3) is 0 Å². The standard InChI is InChI=1S/C46H26O3/c1-2-13-27(14-3-1)42-37-26-40-36(29-16-9-10-23-38(29)47-40)25-41(37)49-46(42)44-32-19-6-4-17-30(32)43(31-18-5-7-20-33(31)44)35-22-12-21-34-28-15-8-11-24-39(28)48-45(34)35/h1-26H. The average molecular weight is 627 g/mol. The third kappa shape index (κ3) is 3.73. The molecule has 3 heteroatoms. The average Bonchev–Trinajstić information content (AvgIpc) is 3.84. The van der Waals surface area contributed by atoms with Crippen molar-refractivity contribution in [2.45, 2.75) is 0 Å². The van der Waals surface area contributed by atoms with Crippen LogP contribution in [-0.4, -0.2) is 0 Å². The normalized spacial score (nSPS) is 12.1. The first kappa shape index (κ1) is 26.5. The predicted octanol–water partition coefficient (Wildman–Crippen LogP) is 13.5. The molecule has 228 valence electrons. The van der Waals surface area contributed by atoms with Crippen molar-refractivity contribution in [2.75, 3.05) is 0 Å². The summed E-state index contributed by atoms with van der Waals surface area (Å²) in [6, 6.07) is 55.2. The quantitative estimate of drug-likeness (QED) is 0.183. The van der Waals surface area contributed by atoms with Crippen molar-refractivity contribution in [2.24, 2.45) is 0 Å². The van der Waals surface area contributed by atoms with Crippen LogP contribution >= 0.6 is 0 Å². The first-order valence-electron chi connectivity index (χ1n) is 16.6. The van der Waals surface area contributed by atoms with Crippen molar-refractivity contribution in [3.05, 3.63) is 158 Å². The van der Waals surface area contributed by atoms with E-state index >= 15 is 0 Å². The summed E-state index contributed by atoms with van der Waals surface area (Å²) in [5.41, 5.74) is 9.80. The Morgan fingerprint density at radius 2 is 0.796 bits per heavy atom. The summed E-state index contributed by atoms with van der Waals surface area (Å²) in [6.07, 6.45) is 0. The van der Waals surface area contributed by atoms with Gasteiger partial charge in [0, 0.05) is 49.2 Å². The lowest BCUT2D eigenvalue weighted by molar-refractivity contribution is 0.633. The molecule has 0 fully saturated rings. The van der Waals surface area contributed by atoms with E-state index in [-0.39, 0.29) is 0 Å². The lowest BCUT2D eigenvalue weighted by Crippen LogP contribution is -1.91. The maximum absolute atomic E-state index is 7.08. The second kappa shape index (κ2) is 9.96. The molecule has 0 aliphatic carbocycles. The number of rotatable bonds is 3. The van der Waals surface area contributed by atoms with Gasteiger partial charge in [0.15, 0.2) is 0 Å². The highest BCUT2D eigenvalue weighted by Gasteiger charge is 2.26. The number of para-hydroxylation sites is 3. The third-order valence-corrected chi connectivity index (χ3v) is 10.1. The van der Waals surface area contributed by atoms with Crippen molar-refractivity contribution in [1.29, 1.82) is 0 Å². The fraction of sp³-hybridized carbons (Fsp3) is 0. The van der Waals surface area contributed by atoms with E-state index in [2.05, 4.69) is 133 Å².